The zero-order valence-electron chi connectivity index (χ0n) is 13.0. The minimum atomic E-state index is -0.165. The molecular formula is C15H20N6O2. The van der Waals surface area contributed by atoms with Crippen molar-refractivity contribution in [2.45, 2.75) is 25.3 Å². The fourth-order valence-corrected chi connectivity index (χ4v) is 2.85. The number of aromatic nitrogens is 4. The highest BCUT2D eigenvalue weighted by Crippen LogP contribution is 2.21. The molecule has 1 saturated heterocycles. The SMILES string of the molecule is Cn1nc(N2CCCCC2CNC(=O)c2ccn[nH]2)ccc1=O. The Morgan fingerprint density at radius 3 is 3.00 bits per heavy atom. The first kappa shape index (κ1) is 15.3. The van der Waals surface area contributed by atoms with Crippen molar-refractivity contribution >= 4 is 11.7 Å². The number of aromatic amines is 1. The van der Waals surface area contributed by atoms with Gasteiger partial charge in [0, 0.05) is 38.4 Å². The summed E-state index contributed by atoms with van der Waals surface area (Å²) in [6.07, 6.45) is 4.73. The van der Waals surface area contributed by atoms with Crippen molar-refractivity contribution in [1.82, 2.24) is 25.3 Å². The van der Waals surface area contributed by atoms with Crippen molar-refractivity contribution in [3.8, 4) is 0 Å². The molecule has 23 heavy (non-hydrogen) atoms. The zero-order chi connectivity index (χ0) is 16.2. The summed E-state index contributed by atoms with van der Waals surface area (Å²) < 4.78 is 1.34. The van der Waals surface area contributed by atoms with E-state index in [4.69, 9.17) is 0 Å². The summed E-state index contributed by atoms with van der Waals surface area (Å²) in [5.74, 6) is 0.606. The number of piperidine rings is 1. The molecular weight excluding hydrogens is 296 g/mol. The number of nitrogens with zero attached hydrogens (tertiary/aromatic N) is 4. The number of hydrogen-bond donors (Lipinski definition) is 2. The second-order valence-electron chi connectivity index (χ2n) is 5.68. The molecule has 2 aromatic heterocycles. The normalized spacial score (nSPS) is 18.0. The number of H-pyrrole nitrogens is 1. The summed E-state index contributed by atoms with van der Waals surface area (Å²) >= 11 is 0. The van der Waals surface area contributed by atoms with E-state index in [1.54, 1.807) is 25.4 Å². The number of anilines is 1. The average molecular weight is 316 g/mol. The van der Waals surface area contributed by atoms with Crippen LogP contribution in [0, 0.1) is 0 Å². The maximum Gasteiger partial charge on any atom is 0.269 e. The van der Waals surface area contributed by atoms with Crippen molar-refractivity contribution < 1.29 is 4.79 Å². The number of aryl methyl sites for hydroxylation is 1. The Morgan fingerprint density at radius 2 is 2.26 bits per heavy atom. The van der Waals surface area contributed by atoms with Gasteiger partial charge < -0.3 is 10.2 Å². The molecule has 3 heterocycles. The van der Waals surface area contributed by atoms with Gasteiger partial charge in [-0.25, -0.2) is 4.68 Å². The summed E-state index contributed by atoms with van der Waals surface area (Å²) in [6.45, 7) is 1.40. The molecule has 0 spiro atoms. The van der Waals surface area contributed by atoms with Crippen LogP contribution in [0.3, 0.4) is 0 Å². The van der Waals surface area contributed by atoms with Gasteiger partial charge >= 0.3 is 0 Å². The molecule has 8 nitrogen and oxygen atoms in total. The van der Waals surface area contributed by atoms with Crippen LogP contribution in [0.15, 0.2) is 29.2 Å². The first-order chi connectivity index (χ1) is 11.1. The third-order valence-corrected chi connectivity index (χ3v) is 4.11. The monoisotopic (exact) mass is 316 g/mol. The lowest BCUT2D eigenvalue weighted by Crippen LogP contribution is -2.47. The van der Waals surface area contributed by atoms with E-state index in [0.29, 0.717) is 12.2 Å². The summed E-state index contributed by atoms with van der Waals surface area (Å²) in [7, 11) is 1.64. The summed E-state index contributed by atoms with van der Waals surface area (Å²) in [5.41, 5.74) is 0.322. The molecule has 3 rings (SSSR count). The van der Waals surface area contributed by atoms with Gasteiger partial charge in [0.05, 0.1) is 0 Å². The van der Waals surface area contributed by atoms with Gasteiger partial charge in [0.25, 0.3) is 11.5 Å². The highest BCUT2D eigenvalue weighted by molar-refractivity contribution is 5.92. The van der Waals surface area contributed by atoms with Crippen LogP contribution in [0.5, 0.6) is 0 Å². The molecule has 1 aliphatic rings. The first-order valence-electron chi connectivity index (χ1n) is 7.74. The molecule has 8 heteroatoms. The zero-order valence-corrected chi connectivity index (χ0v) is 13.0. The van der Waals surface area contributed by atoms with Gasteiger partial charge in [-0.15, -0.1) is 0 Å². The number of hydrogen-bond acceptors (Lipinski definition) is 5. The number of nitrogens with one attached hydrogen (secondary N) is 2. The van der Waals surface area contributed by atoms with Gasteiger partial charge in [-0.05, 0) is 31.4 Å². The van der Waals surface area contributed by atoms with E-state index in [0.717, 1.165) is 31.6 Å². The molecule has 0 aliphatic carbocycles. The maximum atomic E-state index is 12.0. The van der Waals surface area contributed by atoms with Gasteiger partial charge in [0.2, 0.25) is 0 Å². The van der Waals surface area contributed by atoms with E-state index in [9.17, 15) is 9.59 Å². The van der Waals surface area contributed by atoms with Gasteiger partial charge in [-0.3, -0.25) is 14.7 Å². The summed E-state index contributed by atoms with van der Waals surface area (Å²) in [4.78, 5) is 25.7. The molecule has 1 amide bonds. The van der Waals surface area contributed by atoms with Crippen LogP contribution in [-0.2, 0) is 7.05 Å². The van der Waals surface area contributed by atoms with Crippen LogP contribution in [-0.4, -0.2) is 45.0 Å². The number of carbonyl (C=O) groups excluding carboxylic acids is 1. The lowest BCUT2D eigenvalue weighted by molar-refractivity contribution is 0.0944. The van der Waals surface area contributed by atoms with Crippen molar-refractivity contribution in [3.05, 3.63) is 40.4 Å². The predicted octanol–water partition coefficient (Wildman–Crippen LogP) is 0.292. The van der Waals surface area contributed by atoms with Gasteiger partial charge in [-0.2, -0.15) is 10.2 Å². The van der Waals surface area contributed by atoms with Crippen molar-refractivity contribution in [2.24, 2.45) is 7.05 Å². The van der Waals surface area contributed by atoms with Crippen molar-refractivity contribution in [3.63, 3.8) is 0 Å². The van der Waals surface area contributed by atoms with Crippen LogP contribution in [0.4, 0.5) is 5.82 Å². The highest BCUT2D eigenvalue weighted by Gasteiger charge is 2.24. The molecule has 2 aromatic rings. The second kappa shape index (κ2) is 6.64. The van der Waals surface area contributed by atoms with E-state index in [1.807, 2.05) is 0 Å². The molecule has 122 valence electrons. The van der Waals surface area contributed by atoms with E-state index in [1.165, 1.54) is 10.7 Å². The summed E-state index contributed by atoms with van der Waals surface area (Å²) in [6, 6.07) is 5.08. The topological polar surface area (TPSA) is 95.9 Å². The Bertz CT molecular complexity index is 724. The smallest absolute Gasteiger partial charge is 0.269 e. The first-order valence-corrected chi connectivity index (χ1v) is 7.74. The second-order valence-corrected chi connectivity index (χ2v) is 5.68. The number of carbonyl (C=O) groups is 1. The van der Waals surface area contributed by atoms with Crippen LogP contribution >= 0.6 is 0 Å². The van der Waals surface area contributed by atoms with E-state index in [2.05, 4.69) is 25.5 Å². The van der Waals surface area contributed by atoms with Gasteiger partial charge in [-0.1, -0.05) is 0 Å². The lowest BCUT2D eigenvalue weighted by atomic mass is 10.0. The Labute approximate surface area is 133 Å². The molecule has 0 radical (unpaired) electrons. The van der Waals surface area contributed by atoms with E-state index in [-0.39, 0.29) is 17.5 Å². The fraction of sp³-hybridized carbons (Fsp3) is 0.467. The minimum Gasteiger partial charge on any atom is -0.350 e. The molecule has 1 aliphatic heterocycles. The van der Waals surface area contributed by atoms with Gasteiger partial charge in [0.1, 0.15) is 11.5 Å². The van der Waals surface area contributed by atoms with Crippen molar-refractivity contribution in [2.75, 3.05) is 18.0 Å². The van der Waals surface area contributed by atoms with Crippen molar-refractivity contribution in [1.29, 1.82) is 0 Å². The molecule has 0 bridgehead atoms. The van der Waals surface area contributed by atoms with Crippen LogP contribution in [0.2, 0.25) is 0 Å². The largest absolute Gasteiger partial charge is 0.350 e. The Morgan fingerprint density at radius 1 is 1.39 bits per heavy atom. The molecule has 1 atom stereocenters. The van der Waals surface area contributed by atoms with E-state index >= 15 is 0 Å². The Balaban J connectivity index is 1.70. The molecule has 0 aromatic carbocycles. The molecule has 1 fully saturated rings. The fourth-order valence-electron chi connectivity index (χ4n) is 2.85. The van der Waals surface area contributed by atoms with E-state index < -0.39 is 0 Å². The predicted molar refractivity (Wildman–Crippen MR) is 85.4 cm³/mol. The molecule has 1 unspecified atom stereocenters. The van der Waals surface area contributed by atoms with Crippen LogP contribution in [0.25, 0.3) is 0 Å². The third kappa shape index (κ3) is 3.41. The lowest BCUT2D eigenvalue weighted by Gasteiger charge is -2.36. The molecule has 2 N–H and O–H groups in total. The number of rotatable bonds is 4. The standard InChI is InChI=1S/C15H20N6O2/c1-20-14(22)6-5-13(19-20)21-9-3-2-4-11(21)10-16-15(23)12-7-8-17-18-12/h5-8,11H,2-4,9-10H2,1H3,(H,16,23)(H,17,18). The molecule has 0 saturated carbocycles. The van der Waals surface area contributed by atoms with Gasteiger partial charge in [0.15, 0.2) is 0 Å². The Kier molecular flexibility index (Phi) is 4.40. The maximum absolute atomic E-state index is 12.0. The average Bonchev–Trinajstić information content (AvgIpc) is 3.10. The quantitative estimate of drug-likeness (QED) is 0.845. The van der Waals surface area contributed by atoms with Crippen LogP contribution < -0.4 is 15.8 Å². The minimum absolute atomic E-state index is 0.130. The third-order valence-electron chi connectivity index (χ3n) is 4.11. The number of amides is 1. The van der Waals surface area contributed by atoms with Crippen LogP contribution in [0.1, 0.15) is 29.8 Å². The Hall–Kier alpha value is -2.64. The highest BCUT2D eigenvalue weighted by atomic mass is 16.2. The summed E-state index contributed by atoms with van der Waals surface area (Å²) in [5, 5.41) is 13.7.